The molecule has 4 rings (SSSR count). The Hall–Kier alpha value is -3.67. The maximum atomic E-state index is 13.7. The third kappa shape index (κ3) is 4.33. The number of hydrogen-bond donors (Lipinski definition) is 1. The van der Waals surface area contributed by atoms with E-state index in [2.05, 4.69) is 5.32 Å². The van der Waals surface area contributed by atoms with Crippen molar-refractivity contribution in [3.8, 4) is 11.4 Å². The molecule has 0 saturated carbocycles. The lowest BCUT2D eigenvalue weighted by molar-refractivity contribution is 0.0909. The lowest BCUT2D eigenvalue weighted by Gasteiger charge is -2.32. The van der Waals surface area contributed by atoms with Crippen molar-refractivity contribution in [2.45, 2.75) is 40.0 Å². The maximum Gasteiger partial charge on any atom is 0.268 e. The monoisotopic (exact) mass is 444 g/mol. The van der Waals surface area contributed by atoms with E-state index < -0.39 is 11.5 Å². The molecule has 1 aromatic heterocycles. The highest BCUT2D eigenvalue weighted by Crippen LogP contribution is 2.35. The fourth-order valence-electron chi connectivity index (χ4n) is 4.42. The number of aryl methyl sites for hydroxylation is 1. The molecule has 0 saturated heterocycles. The van der Waals surface area contributed by atoms with Crippen molar-refractivity contribution in [3.05, 3.63) is 87.3 Å². The highest BCUT2D eigenvalue weighted by atomic mass is 16.5. The average molecular weight is 445 g/mol. The summed E-state index contributed by atoms with van der Waals surface area (Å²) in [6, 6.07) is 16.0. The summed E-state index contributed by atoms with van der Waals surface area (Å²) >= 11 is 0. The number of aromatic nitrogens is 1. The minimum Gasteiger partial charge on any atom is -0.497 e. The van der Waals surface area contributed by atoms with Crippen molar-refractivity contribution in [1.82, 2.24) is 4.57 Å². The normalized spacial score (nSPS) is 14.5. The molecule has 6 nitrogen and oxygen atoms in total. The van der Waals surface area contributed by atoms with Crippen molar-refractivity contribution in [3.63, 3.8) is 0 Å². The van der Waals surface area contributed by atoms with Crippen molar-refractivity contribution in [1.29, 1.82) is 0 Å². The third-order valence-corrected chi connectivity index (χ3v) is 6.11. The molecule has 0 unspecified atom stereocenters. The van der Waals surface area contributed by atoms with Crippen LogP contribution < -0.4 is 15.6 Å². The van der Waals surface area contributed by atoms with Crippen LogP contribution in [0.5, 0.6) is 5.75 Å². The van der Waals surface area contributed by atoms with Crippen LogP contribution in [0.25, 0.3) is 5.69 Å². The number of anilines is 1. The summed E-state index contributed by atoms with van der Waals surface area (Å²) < 4.78 is 6.75. The Morgan fingerprint density at radius 2 is 1.76 bits per heavy atom. The number of rotatable bonds is 5. The summed E-state index contributed by atoms with van der Waals surface area (Å²) in [6.45, 7) is 6.03. The van der Waals surface area contributed by atoms with E-state index in [0.717, 1.165) is 12.0 Å². The average Bonchev–Trinajstić information content (AvgIpc) is 2.78. The number of carbonyl (C=O) groups excluding carboxylic acids is 2. The van der Waals surface area contributed by atoms with Gasteiger partial charge in [0.2, 0.25) is 0 Å². The fraction of sp³-hybridized carbons (Fsp3) is 0.296. The molecule has 1 aliphatic rings. The molecule has 1 heterocycles. The number of para-hydroxylation sites is 1. The van der Waals surface area contributed by atoms with Gasteiger partial charge in [0.05, 0.1) is 7.11 Å². The van der Waals surface area contributed by atoms with E-state index in [-0.39, 0.29) is 16.8 Å². The molecule has 3 aromatic rings. The number of nitrogens with zero attached hydrogens (tertiary/aromatic N) is 1. The number of nitrogens with one attached hydrogen (secondary N) is 1. The lowest BCUT2D eigenvalue weighted by Crippen LogP contribution is -2.37. The van der Waals surface area contributed by atoms with E-state index >= 15 is 0 Å². The van der Waals surface area contributed by atoms with Crippen LogP contribution in [0.2, 0.25) is 0 Å². The van der Waals surface area contributed by atoms with Crippen molar-refractivity contribution in [2.24, 2.45) is 5.41 Å². The van der Waals surface area contributed by atoms with Gasteiger partial charge in [-0.15, -0.1) is 0 Å². The van der Waals surface area contributed by atoms with Crippen molar-refractivity contribution < 1.29 is 14.3 Å². The fourth-order valence-corrected chi connectivity index (χ4v) is 4.42. The van der Waals surface area contributed by atoms with E-state index in [1.54, 1.807) is 31.4 Å². The van der Waals surface area contributed by atoms with Crippen molar-refractivity contribution >= 4 is 17.4 Å². The van der Waals surface area contributed by atoms with Gasteiger partial charge in [-0.05, 0) is 60.2 Å². The predicted octanol–water partition coefficient (Wildman–Crippen LogP) is 4.82. The Morgan fingerprint density at radius 3 is 2.42 bits per heavy atom. The Bertz CT molecular complexity index is 1290. The van der Waals surface area contributed by atoms with E-state index in [4.69, 9.17) is 4.74 Å². The van der Waals surface area contributed by atoms with Crippen LogP contribution in [0.1, 0.15) is 59.2 Å². The van der Waals surface area contributed by atoms with Crippen LogP contribution in [0, 0.1) is 5.41 Å². The first-order valence-electron chi connectivity index (χ1n) is 11.1. The summed E-state index contributed by atoms with van der Waals surface area (Å²) in [4.78, 5) is 40.0. The smallest absolute Gasteiger partial charge is 0.268 e. The SMILES string of the molecule is CCc1ccccc1NC(=O)c1cc2c(n(-c3ccc(OC)cc3)c1=O)CC(C)(C)CC2=O. The van der Waals surface area contributed by atoms with Crippen LogP contribution in [0.4, 0.5) is 5.69 Å². The number of methoxy groups -OCH3 is 1. The van der Waals surface area contributed by atoms with Gasteiger partial charge in [-0.25, -0.2) is 0 Å². The van der Waals surface area contributed by atoms with Gasteiger partial charge in [-0.3, -0.25) is 19.0 Å². The number of hydrogen-bond acceptors (Lipinski definition) is 4. The lowest BCUT2D eigenvalue weighted by atomic mass is 9.75. The molecule has 0 radical (unpaired) electrons. The number of carbonyl (C=O) groups is 2. The summed E-state index contributed by atoms with van der Waals surface area (Å²) in [5, 5.41) is 2.87. The van der Waals surface area contributed by atoms with Gasteiger partial charge in [0.25, 0.3) is 11.5 Å². The number of pyridine rings is 1. The summed E-state index contributed by atoms with van der Waals surface area (Å²) in [6.07, 6.45) is 1.65. The molecule has 0 fully saturated rings. The van der Waals surface area contributed by atoms with Crippen LogP contribution >= 0.6 is 0 Å². The van der Waals surface area contributed by atoms with Crippen LogP contribution in [0.15, 0.2) is 59.4 Å². The number of ether oxygens (including phenoxy) is 1. The van der Waals surface area contributed by atoms with Crippen LogP contribution in [-0.2, 0) is 12.8 Å². The zero-order chi connectivity index (χ0) is 23.8. The van der Waals surface area contributed by atoms with Gasteiger partial charge in [0.1, 0.15) is 11.3 Å². The van der Waals surface area contributed by atoms with Gasteiger partial charge < -0.3 is 10.1 Å². The second-order valence-corrected chi connectivity index (χ2v) is 9.16. The number of Topliss-reactive ketones (excluding diaryl/α,β-unsaturated/α-hetero) is 1. The minimum atomic E-state index is -0.524. The first-order valence-corrected chi connectivity index (χ1v) is 11.1. The Morgan fingerprint density at radius 1 is 1.06 bits per heavy atom. The predicted molar refractivity (Wildman–Crippen MR) is 129 cm³/mol. The molecule has 33 heavy (non-hydrogen) atoms. The molecule has 0 atom stereocenters. The molecule has 1 aliphatic carbocycles. The van der Waals surface area contributed by atoms with Gasteiger partial charge in [-0.1, -0.05) is 39.0 Å². The molecular weight excluding hydrogens is 416 g/mol. The standard InChI is InChI=1S/C27H28N2O4/c1-5-17-8-6-7-9-22(17)28-25(31)21-14-20-23(15-27(2,3)16-24(20)30)29(26(21)32)18-10-12-19(33-4)13-11-18/h6-14H,5,15-16H2,1-4H3,(H,28,31). The van der Waals surface area contributed by atoms with Crippen LogP contribution in [-0.4, -0.2) is 23.4 Å². The first kappa shape index (κ1) is 22.5. The molecular formula is C27H28N2O4. The van der Waals surface area contributed by atoms with E-state index in [1.165, 1.54) is 10.6 Å². The zero-order valence-electron chi connectivity index (χ0n) is 19.4. The second-order valence-electron chi connectivity index (χ2n) is 9.16. The highest BCUT2D eigenvalue weighted by molar-refractivity contribution is 6.07. The van der Waals surface area contributed by atoms with Crippen molar-refractivity contribution in [2.75, 3.05) is 12.4 Å². The summed E-state index contributed by atoms with van der Waals surface area (Å²) in [5.74, 6) is 0.0669. The largest absolute Gasteiger partial charge is 0.497 e. The quantitative estimate of drug-likeness (QED) is 0.612. The van der Waals surface area contributed by atoms with Gasteiger partial charge in [-0.2, -0.15) is 0 Å². The molecule has 6 heteroatoms. The number of amides is 1. The Balaban J connectivity index is 1.89. The molecule has 0 aliphatic heterocycles. The molecule has 170 valence electrons. The molecule has 2 aromatic carbocycles. The summed E-state index contributed by atoms with van der Waals surface area (Å²) in [5.41, 5.74) is 2.50. The third-order valence-electron chi connectivity index (χ3n) is 6.11. The molecule has 0 spiro atoms. The Labute approximate surface area is 193 Å². The van der Waals surface area contributed by atoms with Gasteiger partial charge in [0, 0.05) is 29.1 Å². The van der Waals surface area contributed by atoms with E-state index in [1.807, 2.05) is 45.0 Å². The second kappa shape index (κ2) is 8.70. The Kier molecular flexibility index (Phi) is 5.93. The van der Waals surface area contributed by atoms with E-state index in [9.17, 15) is 14.4 Å². The molecule has 0 bridgehead atoms. The zero-order valence-corrected chi connectivity index (χ0v) is 19.4. The highest BCUT2D eigenvalue weighted by Gasteiger charge is 2.35. The maximum absolute atomic E-state index is 13.7. The first-order chi connectivity index (χ1) is 15.7. The minimum absolute atomic E-state index is 0.0523. The molecule has 1 N–H and O–H groups in total. The van der Waals surface area contributed by atoms with E-state index in [0.29, 0.717) is 41.2 Å². The number of fused-ring (bicyclic) bond motifs is 1. The number of ketones is 1. The molecule has 1 amide bonds. The van der Waals surface area contributed by atoms with Crippen LogP contribution in [0.3, 0.4) is 0 Å². The topological polar surface area (TPSA) is 77.4 Å². The number of benzene rings is 2. The van der Waals surface area contributed by atoms with Gasteiger partial charge in [0.15, 0.2) is 5.78 Å². The summed E-state index contributed by atoms with van der Waals surface area (Å²) in [7, 11) is 1.57. The van der Waals surface area contributed by atoms with Gasteiger partial charge >= 0.3 is 0 Å².